The predicted octanol–water partition coefficient (Wildman–Crippen LogP) is 3.08. The Morgan fingerprint density at radius 3 is 2.60 bits per heavy atom. The average Bonchev–Trinajstić information content (AvgIpc) is 2.38. The van der Waals surface area contributed by atoms with Gasteiger partial charge < -0.3 is 15.4 Å². The lowest BCUT2D eigenvalue weighted by atomic mass is 9.95. The summed E-state index contributed by atoms with van der Waals surface area (Å²) in [5, 5.41) is 0. The maximum absolute atomic E-state index is 6.35. The highest BCUT2D eigenvalue weighted by atomic mass is 16.5. The van der Waals surface area contributed by atoms with Crippen LogP contribution in [0.1, 0.15) is 39.2 Å². The minimum absolute atomic E-state index is 0.113. The fraction of sp³-hybridized carbons (Fsp3) is 0.647. The van der Waals surface area contributed by atoms with E-state index in [0.29, 0.717) is 6.04 Å². The topological polar surface area (TPSA) is 38.5 Å². The fourth-order valence-corrected chi connectivity index (χ4v) is 2.72. The van der Waals surface area contributed by atoms with E-state index in [4.69, 9.17) is 10.5 Å². The number of hydrogen-bond acceptors (Lipinski definition) is 3. The van der Waals surface area contributed by atoms with Gasteiger partial charge in [0, 0.05) is 18.1 Å². The molecule has 2 unspecified atom stereocenters. The summed E-state index contributed by atoms with van der Waals surface area (Å²) in [7, 11) is 3.88. The molecule has 0 spiro atoms. The number of nitrogens with two attached hydrogens (primary N) is 1. The smallest absolute Gasteiger partial charge is 0.122 e. The van der Waals surface area contributed by atoms with E-state index in [-0.39, 0.29) is 5.54 Å². The second kappa shape index (κ2) is 7.65. The lowest BCUT2D eigenvalue weighted by Gasteiger charge is -2.34. The van der Waals surface area contributed by atoms with Crippen molar-refractivity contribution in [3.8, 4) is 5.75 Å². The summed E-state index contributed by atoms with van der Waals surface area (Å²) in [6.45, 7) is 7.48. The Labute approximate surface area is 124 Å². The lowest BCUT2D eigenvalue weighted by molar-refractivity contribution is 0.196. The molecule has 0 aliphatic heterocycles. The van der Waals surface area contributed by atoms with E-state index in [1.165, 1.54) is 5.56 Å². The highest BCUT2D eigenvalue weighted by molar-refractivity contribution is 5.33. The number of para-hydroxylation sites is 1. The van der Waals surface area contributed by atoms with Crippen LogP contribution in [0.5, 0.6) is 5.75 Å². The quantitative estimate of drug-likeness (QED) is 0.794. The first-order chi connectivity index (χ1) is 9.39. The van der Waals surface area contributed by atoms with E-state index in [2.05, 4.69) is 44.9 Å². The molecule has 2 atom stereocenters. The molecular formula is C17H30N2O. The minimum Gasteiger partial charge on any atom is -0.496 e. The molecule has 0 heterocycles. The average molecular weight is 278 g/mol. The molecule has 1 aromatic carbocycles. The van der Waals surface area contributed by atoms with Crippen LogP contribution >= 0.6 is 0 Å². The molecule has 3 nitrogen and oxygen atoms in total. The molecule has 114 valence electrons. The first-order valence-corrected chi connectivity index (χ1v) is 7.50. The Kier molecular flexibility index (Phi) is 6.50. The van der Waals surface area contributed by atoms with E-state index in [0.717, 1.165) is 31.6 Å². The number of nitrogens with zero attached hydrogens (tertiary/aromatic N) is 1. The van der Waals surface area contributed by atoms with Crippen LogP contribution in [0, 0.1) is 0 Å². The van der Waals surface area contributed by atoms with Crippen LogP contribution in [0.25, 0.3) is 0 Å². The van der Waals surface area contributed by atoms with Crippen LogP contribution in [-0.2, 0) is 6.42 Å². The molecule has 1 rings (SSSR count). The maximum Gasteiger partial charge on any atom is 0.122 e. The SMILES string of the molecule is CCCC(C)(N)CN(C)C(C)Cc1ccccc1OC. The molecule has 0 aliphatic carbocycles. The number of ether oxygens (including phenoxy) is 1. The molecule has 0 saturated heterocycles. The van der Waals surface area contributed by atoms with Gasteiger partial charge in [-0.05, 0) is 45.4 Å². The molecule has 20 heavy (non-hydrogen) atoms. The Bertz CT molecular complexity index is 404. The van der Waals surface area contributed by atoms with Gasteiger partial charge in [0.2, 0.25) is 0 Å². The second-order valence-electron chi connectivity index (χ2n) is 6.18. The Morgan fingerprint density at radius 1 is 1.35 bits per heavy atom. The van der Waals surface area contributed by atoms with Crippen LogP contribution < -0.4 is 10.5 Å². The molecule has 0 bridgehead atoms. The van der Waals surface area contributed by atoms with Crippen LogP contribution in [-0.4, -0.2) is 37.2 Å². The van der Waals surface area contributed by atoms with Crippen molar-refractivity contribution in [3.63, 3.8) is 0 Å². The standard InChI is InChI=1S/C17H30N2O/c1-6-11-17(3,18)13-19(4)14(2)12-15-9-7-8-10-16(15)20-5/h7-10,14H,6,11-13,18H2,1-5H3. The van der Waals surface area contributed by atoms with Crippen molar-refractivity contribution in [2.24, 2.45) is 5.73 Å². The highest BCUT2D eigenvalue weighted by Gasteiger charge is 2.22. The normalized spacial score (nSPS) is 15.9. The third-order valence-electron chi connectivity index (χ3n) is 3.89. The third kappa shape index (κ3) is 5.14. The number of benzene rings is 1. The zero-order valence-corrected chi connectivity index (χ0v) is 13.6. The molecule has 0 aliphatic rings. The van der Waals surface area contributed by atoms with Gasteiger partial charge in [-0.1, -0.05) is 31.5 Å². The minimum atomic E-state index is -0.113. The number of likely N-dealkylation sites (N-methyl/N-ethyl adjacent to an activating group) is 1. The van der Waals surface area contributed by atoms with Gasteiger partial charge in [0.1, 0.15) is 5.75 Å². The summed E-state index contributed by atoms with van der Waals surface area (Å²) < 4.78 is 5.42. The van der Waals surface area contributed by atoms with Gasteiger partial charge in [-0.25, -0.2) is 0 Å². The van der Waals surface area contributed by atoms with E-state index >= 15 is 0 Å². The molecular weight excluding hydrogens is 248 g/mol. The van der Waals surface area contributed by atoms with E-state index in [9.17, 15) is 0 Å². The molecule has 0 amide bonds. The largest absolute Gasteiger partial charge is 0.496 e. The molecule has 0 aromatic heterocycles. The first-order valence-electron chi connectivity index (χ1n) is 7.50. The molecule has 1 aromatic rings. The monoisotopic (exact) mass is 278 g/mol. The van der Waals surface area contributed by atoms with E-state index in [1.807, 2.05) is 12.1 Å². The van der Waals surface area contributed by atoms with Crippen molar-refractivity contribution in [1.82, 2.24) is 4.90 Å². The Morgan fingerprint density at radius 2 is 2.00 bits per heavy atom. The van der Waals surface area contributed by atoms with Crippen LogP contribution in [0.15, 0.2) is 24.3 Å². The summed E-state index contributed by atoms with van der Waals surface area (Å²) in [6.07, 6.45) is 3.16. The van der Waals surface area contributed by atoms with Gasteiger partial charge in [0.25, 0.3) is 0 Å². The number of hydrogen-bond donors (Lipinski definition) is 1. The lowest BCUT2D eigenvalue weighted by Crippen LogP contribution is -2.49. The van der Waals surface area contributed by atoms with Gasteiger partial charge >= 0.3 is 0 Å². The maximum atomic E-state index is 6.35. The van der Waals surface area contributed by atoms with E-state index in [1.54, 1.807) is 7.11 Å². The molecule has 0 fully saturated rings. The van der Waals surface area contributed by atoms with Crippen LogP contribution in [0.3, 0.4) is 0 Å². The van der Waals surface area contributed by atoms with Crippen LogP contribution in [0.4, 0.5) is 0 Å². The molecule has 0 radical (unpaired) electrons. The van der Waals surface area contributed by atoms with Crippen molar-refractivity contribution in [2.75, 3.05) is 20.7 Å². The zero-order valence-electron chi connectivity index (χ0n) is 13.6. The first kappa shape index (κ1) is 17.0. The zero-order chi connectivity index (χ0) is 15.2. The number of rotatable bonds is 8. The van der Waals surface area contributed by atoms with Gasteiger partial charge in [-0.2, -0.15) is 0 Å². The summed E-state index contributed by atoms with van der Waals surface area (Å²) >= 11 is 0. The summed E-state index contributed by atoms with van der Waals surface area (Å²) in [6, 6.07) is 8.66. The Hall–Kier alpha value is -1.06. The van der Waals surface area contributed by atoms with E-state index < -0.39 is 0 Å². The number of methoxy groups -OCH3 is 1. The summed E-state index contributed by atoms with van der Waals surface area (Å²) in [5.41, 5.74) is 7.49. The highest BCUT2D eigenvalue weighted by Crippen LogP contribution is 2.21. The summed E-state index contributed by atoms with van der Waals surface area (Å²) in [4.78, 5) is 2.35. The van der Waals surface area contributed by atoms with Crippen molar-refractivity contribution in [1.29, 1.82) is 0 Å². The van der Waals surface area contributed by atoms with Gasteiger partial charge in [0.15, 0.2) is 0 Å². The third-order valence-corrected chi connectivity index (χ3v) is 3.89. The van der Waals surface area contributed by atoms with Crippen molar-refractivity contribution in [2.45, 2.75) is 51.6 Å². The fourth-order valence-electron chi connectivity index (χ4n) is 2.72. The van der Waals surface area contributed by atoms with Crippen molar-refractivity contribution >= 4 is 0 Å². The molecule has 0 saturated carbocycles. The van der Waals surface area contributed by atoms with Crippen LogP contribution in [0.2, 0.25) is 0 Å². The van der Waals surface area contributed by atoms with Crippen molar-refractivity contribution in [3.05, 3.63) is 29.8 Å². The van der Waals surface area contributed by atoms with Gasteiger partial charge in [-0.3, -0.25) is 0 Å². The van der Waals surface area contributed by atoms with Crippen molar-refractivity contribution < 1.29 is 4.74 Å². The molecule has 2 N–H and O–H groups in total. The second-order valence-corrected chi connectivity index (χ2v) is 6.18. The summed E-state index contributed by atoms with van der Waals surface area (Å²) in [5.74, 6) is 0.969. The van der Waals surface area contributed by atoms with Gasteiger partial charge in [0.05, 0.1) is 7.11 Å². The van der Waals surface area contributed by atoms with Gasteiger partial charge in [-0.15, -0.1) is 0 Å². The molecule has 3 heteroatoms. The predicted molar refractivity (Wildman–Crippen MR) is 86.3 cm³/mol. The Balaban J connectivity index is 2.63.